The van der Waals surface area contributed by atoms with E-state index in [2.05, 4.69) is 0 Å². The minimum atomic E-state index is -2.55. The van der Waals surface area contributed by atoms with Gasteiger partial charge in [-0.1, -0.05) is 27.7 Å². The molecule has 3 fully saturated rings. The lowest BCUT2D eigenvalue weighted by molar-refractivity contribution is -0.318. The van der Waals surface area contributed by atoms with Gasteiger partial charge in [0.2, 0.25) is 0 Å². The van der Waals surface area contributed by atoms with E-state index in [0.717, 1.165) is 4.90 Å². The quantitative estimate of drug-likeness (QED) is 0.0860. The highest BCUT2D eigenvalue weighted by molar-refractivity contribution is 5.83. The van der Waals surface area contributed by atoms with Crippen LogP contribution in [0, 0.1) is 23.7 Å². The van der Waals surface area contributed by atoms with Crippen molar-refractivity contribution in [2.45, 2.75) is 210 Å². The van der Waals surface area contributed by atoms with E-state index in [-0.39, 0.29) is 25.7 Å². The van der Waals surface area contributed by atoms with Crippen molar-refractivity contribution in [2.24, 2.45) is 23.7 Å². The van der Waals surface area contributed by atoms with E-state index in [0.29, 0.717) is 0 Å². The Morgan fingerprint density at radius 3 is 2.00 bits per heavy atom. The molecule has 0 aliphatic carbocycles. The Bertz CT molecular complexity index is 1650. The molecule has 388 valence electrons. The number of aliphatic hydroxyl groups is 11. The van der Waals surface area contributed by atoms with E-state index in [1.165, 1.54) is 34.9 Å². The molecule has 66 heavy (non-hydrogen) atoms. The summed E-state index contributed by atoms with van der Waals surface area (Å²) in [6.07, 6.45) is -22.0. The first-order chi connectivity index (χ1) is 31.5. The number of hydrogen-bond acceptors (Lipinski definition) is 21. The number of aliphatic carboxylic acids is 1. The molecule has 0 unspecified atom stereocenters. The second kappa shape index (κ2) is 24.7. The largest absolute Gasteiger partial charge is 0.479 e. The van der Waals surface area contributed by atoms with Gasteiger partial charge in [-0.2, -0.15) is 0 Å². The van der Waals surface area contributed by atoms with Crippen LogP contribution in [0.15, 0.2) is 0 Å². The van der Waals surface area contributed by atoms with Crippen molar-refractivity contribution < 1.29 is 108 Å². The van der Waals surface area contributed by atoms with Crippen LogP contribution in [0.5, 0.6) is 0 Å². The Kier molecular flexibility index (Phi) is 20.5. The maximum Gasteiger partial charge on any atom is 0.335 e. The molecule has 3 rings (SSSR count). The number of carboxylic acid groups (broad SMARTS) is 1. The van der Waals surface area contributed by atoms with Gasteiger partial charge in [-0.3, -0.25) is 9.59 Å². The van der Waals surface area contributed by atoms with Crippen molar-refractivity contribution >= 4 is 17.7 Å². The maximum atomic E-state index is 14.1. The van der Waals surface area contributed by atoms with Crippen molar-refractivity contribution in [2.75, 3.05) is 27.7 Å². The molecule has 3 heterocycles. The van der Waals surface area contributed by atoms with Gasteiger partial charge < -0.3 is 94.6 Å². The number of carbonyl (C=O) groups is 3. The zero-order valence-corrected chi connectivity index (χ0v) is 40.1. The smallest absolute Gasteiger partial charge is 0.335 e. The van der Waals surface area contributed by atoms with Crippen molar-refractivity contribution in [3.8, 4) is 0 Å². The van der Waals surface area contributed by atoms with E-state index >= 15 is 0 Å². The van der Waals surface area contributed by atoms with Gasteiger partial charge in [0.05, 0.1) is 54.2 Å². The number of aliphatic hydroxyl groups excluding tert-OH is 9. The molecular weight excluding hydrogens is 878 g/mol. The number of carbonyl (C=O) groups excluding carboxylic acids is 2. The molecule has 12 N–H and O–H groups in total. The monoisotopic (exact) mass is 963 g/mol. The first kappa shape index (κ1) is 54.9. The summed E-state index contributed by atoms with van der Waals surface area (Å²) in [6, 6.07) is -0.928. The second-order valence-corrected chi connectivity index (χ2v) is 19.1. The van der Waals surface area contributed by atoms with Gasteiger partial charge in [-0.25, -0.2) is 4.79 Å². The van der Waals surface area contributed by atoms with Crippen LogP contribution in [0.2, 0.25) is 0 Å². The number of likely N-dealkylation sites (N-methyl/N-ethyl adjacent to an activating group) is 1. The minimum absolute atomic E-state index is 0.0366. The average Bonchev–Trinajstić information content (AvgIpc) is 3.27. The third-order valence-corrected chi connectivity index (χ3v) is 13.5. The zero-order valence-electron chi connectivity index (χ0n) is 43.1. The van der Waals surface area contributed by atoms with Crippen molar-refractivity contribution in [1.29, 1.82) is 0 Å². The Balaban J connectivity index is 0.000000932. The van der Waals surface area contributed by atoms with E-state index in [1.807, 2.05) is 0 Å². The molecule has 3 aliphatic rings. The maximum absolute atomic E-state index is 14.1. The van der Waals surface area contributed by atoms with Gasteiger partial charge in [0, 0.05) is 41.4 Å². The summed E-state index contributed by atoms with van der Waals surface area (Å²) in [4.78, 5) is 39.2. The van der Waals surface area contributed by atoms with Crippen LogP contribution >= 0.6 is 0 Å². The minimum Gasteiger partial charge on any atom is -0.479 e. The number of cyclic esters (lactones) is 1. The molecule has 22 heteroatoms. The van der Waals surface area contributed by atoms with Crippen LogP contribution in [-0.2, 0) is 42.8 Å². The second-order valence-electron chi connectivity index (χ2n) is 19.1. The van der Waals surface area contributed by atoms with Gasteiger partial charge in [-0.15, -0.1) is 0 Å². The van der Waals surface area contributed by atoms with Crippen LogP contribution in [-0.4, -0.2) is 226 Å². The van der Waals surface area contributed by atoms with Crippen molar-refractivity contribution in [3.05, 3.63) is 0 Å². The summed E-state index contributed by atoms with van der Waals surface area (Å²) in [5, 5.41) is 119. The molecule has 0 bridgehead atoms. The summed E-state index contributed by atoms with van der Waals surface area (Å²) in [5.74, 6) is -7.24. The molecule has 0 saturated carbocycles. The zero-order chi connectivity index (χ0) is 53.6. The van der Waals surface area contributed by atoms with Gasteiger partial charge in [0.25, 0.3) is 0 Å². The van der Waals surface area contributed by atoms with E-state index in [9.17, 15) is 39.9 Å². The van der Waals surface area contributed by atoms with Crippen LogP contribution in [0.3, 0.4) is 0 Å². The lowest BCUT2D eigenvalue weighted by atomic mass is 9.74. The van der Waals surface area contributed by atoms with Gasteiger partial charge >= 0.3 is 11.9 Å². The topological polar surface area (TPSA) is 353 Å². The standard InChI is InChI=1S/C37H67NO13.C7H14O8/c1-14-25-37(10,45)30(41)20(4)27(39)18(2)16-35(8,44)32(51-34-28(40)24(38(11)12)15-19(3)47-34)21(5)29(22(6)33(43)49-25)50-26-17-36(9,46-13)31(42)23(7)48-26;8-1-2(9)3(10)4(11)5(12)6(13)7(14)15/h18-26,28-32,34,40-42,44-45H,14-17H2,1-13H3;2-6,8-13H,1H2,(H,14,15)/t18-,19-,20+,21+,22-,23+,24+,25-,26+,28-,29+,30-,31+,32-,34+,35-,36-,37-;2-,3-,4+,5-,6-/m11/s1/i11D3;. The Hall–Kier alpha value is -2.07. The molecule has 0 amide bonds. The molecule has 0 aromatic carbocycles. The first-order valence-electron chi connectivity index (χ1n) is 23.8. The Morgan fingerprint density at radius 1 is 0.894 bits per heavy atom. The molecule has 0 radical (unpaired) electrons. The SMILES string of the molecule is O=C(O)[C@H](O)[C@H](O)[C@@H](O)[C@H](O)[C@H](O)CO.[2H]C([2H])([2H])N(C)[C@H]1C[C@@H](C)O[C@@H](O[C@@H]2[C@@H](C)[C@H](O[C@H]3C[C@@](C)(OC)[C@@H](O)[C@H](C)O3)[C@@H](C)C(=O)O[C@H](CC)[C@@](C)(O)[C@H](O)[C@@H](C)C(=O)[C@H](C)C[C@@]2(C)O)[C@@H]1O. The number of rotatable bonds is 13. The summed E-state index contributed by atoms with van der Waals surface area (Å²) in [7, 11) is 2.82. The van der Waals surface area contributed by atoms with Crippen LogP contribution in [0.25, 0.3) is 0 Å². The first-order valence-corrected chi connectivity index (χ1v) is 22.3. The lowest BCUT2D eigenvalue weighted by Crippen LogP contribution is -2.61. The van der Waals surface area contributed by atoms with Crippen LogP contribution < -0.4 is 0 Å². The van der Waals surface area contributed by atoms with E-state index in [4.69, 9.17) is 68.3 Å². The fourth-order valence-electron chi connectivity index (χ4n) is 9.15. The number of esters is 1. The van der Waals surface area contributed by atoms with E-state index in [1.54, 1.807) is 48.5 Å². The third kappa shape index (κ3) is 14.3. The normalized spacial score (nSPS) is 44.2. The molecule has 3 aliphatic heterocycles. The number of Topliss-reactive ketones (excluding diaryl/α,β-unsaturated/α-hetero) is 1. The molecule has 23 atom stereocenters. The molecule has 22 nitrogen and oxygen atoms in total. The Labute approximate surface area is 391 Å². The average molecular weight is 963 g/mol. The number of ketones is 1. The third-order valence-electron chi connectivity index (χ3n) is 13.5. The van der Waals surface area contributed by atoms with Gasteiger partial charge in [-0.05, 0) is 74.8 Å². The van der Waals surface area contributed by atoms with E-state index < -0.39 is 170 Å². The fraction of sp³-hybridized carbons (Fsp3) is 0.932. The number of nitrogens with zero attached hydrogens (tertiary/aromatic N) is 1. The molecule has 0 aromatic rings. The predicted molar refractivity (Wildman–Crippen MR) is 231 cm³/mol. The summed E-state index contributed by atoms with van der Waals surface area (Å²) in [6.45, 7) is 12.3. The highest BCUT2D eigenvalue weighted by atomic mass is 16.7. The van der Waals surface area contributed by atoms with Crippen LogP contribution in [0.1, 0.15) is 99.0 Å². The summed E-state index contributed by atoms with van der Waals surface area (Å²) < 4.78 is 60.7. The number of hydrogen-bond donors (Lipinski definition) is 12. The highest BCUT2D eigenvalue weighted by Gasteiger charge is 2.53. The number of ether oxygens (including phenoxy) is 6. The van der Waals surface area contributed by atoms with Gasteiger partial charge in [0.15, 0.2) is 18.7 Å². The lowest BCUT2D eigenvalue weighted by Gasteiger charge is -2.49. The predicted octanol–water partition coefficient (Wildman–Crippen LogP) is -2.35. The highest BCUT2D eigenvalue weighted by Crippen LogP contribution is 2.41. The van der Waals surface area contributed by atoms with Crippen molar-refractivity contribution in [3.63, 3.8) is 0 Å². The fourth-order valence-corrected chi connectivity index (χ4v) is 9.15. The van der Waals surface area contributed by atoms with Gasteiger partial charge in [0.1, 0.15) is 54.1 Å². The molecule has 3 saturated heterocycles. The summed E-state index contributed by atoms with van der Waals surface area (Å²) >= 11 is 0. The Morgan fingerprint density at radius 2 is 1.48 bits per heavy atom. The molecule has 0 aromatic heterocycles. The molecular formula is C44H81NO21. The van der Waals surface area contributed by atoms with Crippen LogP contribution in [0.4, 0.5) is 0 Å². The number of methoxy groups -OCH3 is 1. The number of carboxylic acids is 1. The molecule has 0 spiro atoms. The van der Waals surface area contributed by atoms with Crippen molar-refractivity contribution in [1.82, 2.24) is 4.90 Å². The summed E-state index contributed by atoms with van der Waals surface area (Å²) in [5.41, 5.74) is -5.07.